The third-order valence-electron chi connectivity index (χ3n) is 5.25. The molecule has 0 aromatic heterocycles. The van der Waals surface area contributed by atoms with Crippen LogP contribution >= 0.6 is 0 Å². The van der Waals surface area contributed by atoms with Crippen LogP contribution in [0, 0.1) is 12.8 Å². The van der Waals surface area contributed by atoms with Gasteiger partial charge in [0.25, 0.3) is 0 Å². The summed E-state index contributed by atoms with van der Waals surface area (Å²) in [7, 11) is 5.60. The summed E-state index contributed by atoms with van der Waals surface area (Å²) in [6.45, 7) is 5.06. The molecule has 0 spiro atoms. The van der Waals surface area contributed by atoms with Crippen LogP contribution in [0.3, 0.4) is 0 Å². The van der Waals surface area contributed by atoms with Gasteiger partial charge in [0.15, 0.2) is 6.29 Å². The Morgan fingerprint density at radius 1 is 0.903 bits per heavy atom. The number of halogens is 2. The monoisotopic (exact) mass is 420 g/mol. The lowest BCUT2D eigenvalue weighted by Gasteiger charge is -2.27. The number of hydrogen-bond acceptors (Lipinski definition) is 3. The molecule has 1 saturated heterocycles. The van der Waals surface area contributed by atoms with Crippen molar-refractivity contribution in [3.8, 4) is 16.9 Å². The lowest BCUT2D eigenvalue weighted by Crippen LogP contribution is -2.24. The molecular weight excluding hydrogens is 397 g/mol. The van der Waals surface area contributed by atoms with Gasteiger partial charge in [0.2, 0.25) is 0 Å². The summed E-state index contributed by atoms with van der Waals surface area (Å²) in [5.41, 5.74) is 3.45. The molecule has 0 unspecified atom stereocenters. The van der Waals surface area contributed by atoms with Gasteiger partial charge in [0.1, 0.15) is 13.6 Å². The Hall–Kier alpha value is -2.70. The Morgan fingerprint density at radius 3 is 2.13 bits per heavy atom. The molecule has 4 rings (SSSR count). The molecule has 1 fully saturated rings. The summed E-state index contributed by atoms with van der Waals surface area (Å²) < 4.78 is 45.9. The molecule has 0 amide bonds. The third kappa shape index (κ3) is 4.97. The van der Waals surface area contributed by atoms with E-state index in [0.29, 0.717) is 30.2 Å². The molecule has 0 bridgehead atoms. The normalized spacial score (nSPS) is 19.2. The van der Waals surface area contributed by atoms with Gasteiger partial charge in [-0.2, -0.15) is 8.78 Å². The highest BCUT2D eigenvalue weighted by atomic mass is 19.3. The van der Waals surface area contributed by atoms with Crippen molar-refractivity contribution in [3.63, 3.8) is 0 Å². The maximum atomic E-state index is 14.7. The molecule has 1 aliphatic rings. The minimum Gasteiger partial charge on any atom is -0.429 e. The van der Waals surface area contributed by atoms with Gasteiger partial charge in [-0.1, -0.05) is 60.9 Å². The first-order valence-electron chi connectivity index (χ1n) is 10.2. The first kappa shape index (κ1) is 21.5. The molecule has 3 aromatic rings. The summed E-state index contributed by atoms with van der Waals surface area (Å²) in [4.78, 5) is 0. The van der Waals surface area contributed by atoms with Gasteiger partial charge in [-0.05, 0) is 41.8 Å². The molecule has 31 heavy (non-hydrogen) atoms. The van der Waals surface area contributed by atoms with Crippen molar-refractivity contribution in [2.75, 3.05) is 13.2 Å². The maximum absolute atomic E-state index is 14.7. The highest BCUT2D eigenvalue weighted by Gasteiger charge is 2.36. The summed E-state index contributed by atoms with van der Waals surface area (Å²) >= 11 is 0. The lowest BCUT2D eigenvalue weighted by atomic mass is 9.96. The summed E-state index contributed by atoms with van der Waals surface area (Å²) in [6.07, 6.45) is -3.83. The largest absolute Gasteiger partial charge is 0.429 e. The molecule has 158 valence electrons. The van der Waals surface area contributed by atoms with Gasteiger partial charge in [-0.25, -0.2) is 0 Å². The van der Waals surface area contributed by atoms with Gasteiger partial charge < -0.3 is 14.2 Å². The van der Waals surface area contributed by atoms with Crippen LogP contribution in [0.1, 0.15) is 29.9 Å². The van der Waals surface area contributed by atoms with E-state index in [1.807, 2.05) is 24.3 Å². The van der Waals surface area contributed by atoms with Crippen LogP contribution in [0.4, 0.5) is 8.78 Å². The van der Waals surface area contributed by atoms with E-state index in [0.717, 1.165) is 16.7 Å². The predicted octanol–water partition coefficient (Wildman–Crippen LogP) is 5.27. The van der Waals surface area contributed by atoms with E-state index in [-0.39, 0.29) is 17.6 Å². The highest BCUT2D eigenvalue weighted by molar-refractivity contribution is 6.32. The topological polar surface area (TPSA) is 27.7 Å². The van der Waals surface area contributed by atoms with E-state index in [4.69, 9.17) is 22.1 Å². The molecule has 0 atom stereocenters. The van der Waals surface area contributed by atoms with E-state index in [1.165, 1.54) is 30.3 Å². The summed E-state index contributed by atoms with van der Waals surface area (Å²) in [6, 6.07) is 18.5. The zero-order chi connectivity index (χ0) is 22.0. The lowest BCUT2D eigenvalue weighted by molar-refractivity contribution is -0.202. The first-order valence-corrected chi connectivity index (χ1v) is 10.2. The van der Waals surface area contributed by atoms with Gasteiger partial charge in [0, 0.05) is 11.5 Å². The average Bonchev–Trinajstić information content (AvgIpc) is 2.76. The Labute approximate surface area is 182 Å². The first-order chi connectivity index (χ1) is 14.8. The van der Waals surface area contributed by atoms with Crippen molar-refractivity contribution in [2.24, 2.45) is 5.92 Å². The Balaban J connectivity index is 1.51. The van der Waals surface area contributed by atoms with Crippen molar-refractivity contribution >= 4 is 13.3 Å². The van der Waals surface area contributed by atoms with Crippen LogP contribution in [0.2, 0.25) is 0 Å². The SMILES string of the molecule is [B]c1ccc(OC(F)(F)c2ccc(-c3ccc(C4OCC(C)CO4)cc3)cc2C)cc1. The van der Waals surface area contributed by atoms with Gasteiger partial charge in [0.05, 0.1) is 18.8 Å². The number of aryl methyl sites for hydroxylation is 1. The van der Waals surface area contributed by atoms with Crippen molar-refractivity contribution in [1.82, 2.24) is 0 Å². The molecule has 3 nitrogen and oxygen atoms in total. The van der Waals surface area contributed by atoms with Crippen LogP contribution < -0.4 is 10.2 Å². The minimum absolute atomic E-state index is 0.0554. The zero-order valence-electron chi connectivity index (χ0n) is 17.5. The minimum atomic E-state index is -3.46. The summed E-state index contributed by atoms with van der Waals surface area (Å²) in [5.74, 6) is 0.443. The van der Waals surface area contributed by atoms with Crippen molar-refractivity contribution in [1.29, 1.82) is 0 Å². The second-order valence-electron chi connectivity index (χ2n) is 7.94. The molecule has 3 aromatic carbocycles. The number of hydrogen-bond donors (Lipinski definition) is 0. The molecule has 2 radical (unpaired) electrons. The fourth-order valence-corrected chi connectivity index (χ4v) is 3.53. The van der Waals surface area contributed by atoms with E-state index in [9.17, 15) is 8.78 Å². The van der Waals surface area contributed by atoms with Crippen LogP contribution in [0.5, 0.6) is 5.75 Å². The molecule has 6 heteroatoms. The van der Waals surface area contributed by atoms with E-state index in [1.54, 1.807) is 19.1 Å². The second kappa shape index (κ2) is 8.81. The second-order valence-corrected chi connectivity index (χ2v) is 7.94. The zero-order valence-corrected chi connectivity index (χ0v) is 17.5. The molecule has 1 heterocycles. The molecule has 0 N–H and O–H groups in total. The van der Waals surface area contributed by atoms with Crippen LogP contribution in [-0.4, -0.2) is 21.1 Å². The molecular formula is C25H23BF2O3. The quantitative estimate of drug-likeness (QED) is 0.527. The fourth-order valence-electron chi connectivity index (χ4n) is 3.53. The number of benzene rings is 3. The van der Waals surface area contributed by atoms with Crippen LogP contribution in [0.15, 0.2) is 66.7 Å². The molecule has 1 aliphatic heterocycles. The maximum Gasteiger partial charge on any atom is 0.426 e. The van der Waals surface area contributed by atoms with Gasteiger partial charge in [-0.15, -0.1) is 0 Å². The standard InChI is InChI=1S/C25H23BF2O3/c1-16-14-29-24(30-15-16)19-5-3-18(4-6-19)20-7-12-23(17(2)13-20)25(27,28)31-22-10-8-21(26)9-11-22/h3-13,16,24H,14-15H2,1-2H3. The average molecular weight is 420 g/mol. The van der Waals surface area contributed by atoms with E-state index < -0.39 is 6.11 Å². The van der Waals surface area contributed by atoms with Crippen LogP contribution in [0.25, 0.3) is 11.1 Å². The van der Waals surface area contributed by atoms with E-state index in [2.05, 4.69) is 6.92 Å². The number of alkyl halides is 2. The molecule has 0 aliphatic carbocycles. The Bertz CT molecular complexity index is 1030. The van der Waals surface area contributed by atoms with E-state index >= 15 is 0 Å². The van der Waals surface area contributed by atoms with Crippen molar-refractivity contribution in [2.45, 2.75) is 26.2 Å². The number of rotatable bonds is 5. The van der Waals surface area contributed by atoms with Gasteiger partial charge >= 0.3 is 6.11 Å². The number of ether oxygens (including phenoxy) is 3. The smallest absolute Gasteiger partial charge is 0.426 e. The third-order valence-corrected chi connectivity index (χ3v) is 5.25. The van der Waals surface area contributed by atoms with Gasteiger partial charge in [-0.3, -0.25) is 0 Å². The Kier molecular flexibility index (Phi) is 6.12. The predicted molar refractivity (Wildman–Crippen MR) is 117 cm³/mol. The highest BCUT2D eigenvalue weighted by Crippen LogP contribution is 2.35. The summed E-state index contributed by atoms with van der Waals surface area (Å²) in [5, 5.41) is 0. The fraction of sp³-hybridized carbons (Fsp3) is 0.280. The van der Waals surface area contributed by atoms with Crippen molar-refractivity contribution < 1.29 is 23.0 Å². The van der Waals surface area contributed by atoms with Crippen LogP contribution in [-0.2, 0) is 15.6 Å². The Morgan fingerprint density at radius 2 is 1.52 bits per heavy atom. The van der Waals surface area contributed by atoms with Crippen molar-refractivity contribution in [3.05, 3.63) is 83.4 Å². The molecule has 0 saturated carbocycles.